The minimum atomic E-state index is -0.224. The SMILES string of the molecule is CC1NCC2(CC(C)(C)OC2(C)C)OC1C. The van der Waals surface area contributed by atoms with Crippen molar-refractivity contribution in [3.8, 4) is 0 Å². The number of hydrogen-bond acceptors (Lipinski definition) is 3. The standard InChI is InChI=1S/C13H25NO2/c1-9-10(2)15-13(8-14-9)7-11(3,4)16-12(13,5)6/h9-10,14H,7-8H2,1-6H3. The van der Waals surface area contributed by atoms with Gasteiger partial charge in [-0.2, -0.15) is 0 Å². The largest absolute Gasteiger partial charge is 0.367 e. The average Bonchev–Trinajstić information content (AvgIpc) is 2.25. The Kier molecular flexibility index (Phi) is 2.65. The Hall–Kier alpha value is -0.120. The smallest absolute Gasteiger partial charge is 0.112 e. The monoisotopic (exact) mass is 227 g/mol. The normalized spacial score (nSPS) is 46.1. The van der Waals surface area contributed by atoms with E-state index in [2.05, 4.69) is 46.9 Å². The molecule has 3 heteroatoms. The Morgan fingerprint density at radius 2 is 1.75 bits per heavy atom. The van der Waals surface area contributed by atoms with E-state index in [1.165, 1.54) is 0 Å². The Morgan fingerprint density at radius 3 is 2.19 bits per heavy atom. The summed E-state index contributed by atoms with van der Waals surface area (Å²) in [4.78, 5) is 0. The highest BCUT2D eigenvalue weighted by atomic mass is 16.6. The lowest BCUT2D eigenvalue weighted by Gasteiger charge is -2.47. The molecule has 3 atom stereocenters. The predicted octanol–water partition coefficient (Wildman–Crippen LogP) is 2.10. The molecule has 2 fully saturated rings. The van der Waals surface area contributed by atoms with Gasteiger partial charge in [0.1, 0.15) is 5.60 Å². The van der Waals surface area contributed by atoms with Crippen LogP contribution in [0.3, 0.4) is 0 Å². The zero-order chi connectivity index (χ0) is 12.2. The van der Waals surface area contributed by atoms with Crippen molar-refractivity contribution < 1.29 is 9.47 Å². The van der Waals surface area contributed by atoms with Gasteiger partial charge in [0.15, 0.2) is 0 Å². The number of rotatable bonds is 0. The minimum Gasteiger partial charge on any atom is -0.367 e. The maximum Gasteiger partial charge on any atom is 0.112 e. The summed E-state index contributed by atoms with van der Waals surface area (Å²) < 4.78 is 12.5. The Morgan fingerprint density at radius 1 is 1.12 bits per heavy atom. The molecule has 2 heterocycles. The molecule has 0 aromatic rings. The van der Waals surface area contributed by atoms with Crippen molar-refractivity contribution in [2.24, 2.45) is 0 Å². The van der Waals surface area contributed by atoms with E-state index >= 15 is 0 Å². The van der Waals surface area contributed by atoms with Crippen LogP contribution in [-0.4, -0.2) is 35.5 Å². The van der Waals surface area contributed by atoms with E-state index in [4.69, 9.17) is 9.47 Å². The molecule has 3 nitrogen and oxygen atoms in total. The fourth-order valence-electron chi connectivity index (χ4n) is 3.17. The first-order chi connectivity index (χ1) is 7.18. The van der Waals surface area contributed by atoms with Crippen LogP contribution in [0.4, 0.5) is 0 Å². The molecule has 1 spiro atoms. The summed E-state index contributed by atoms with van der Waals surface area (Å²) in [5.74, 6) is 0. The van der Waals surface area contributed by atoms with E-state index in [0.29, 0.717) is 6.04 Å². The van der Waals surface area contributed by atoms with Gasteiger partial charge in [0, 0.05) is 19.0 Å². The van der Waals surface area contributed by atoms with Crippen LogP contribution in [0, 0.1) is 0 Å². The Balaban J connectivity index is 2.25. The molecule has 2 rings (SSSR count). The minimum absolute atomic E-state index is 0.0918. The maximum atomic E-state index is 6.31. The molecule has 0 amide bonds. The summed E-state index contributed by atoms with van der Waals surface area (Å²) in [6.45, 7) is 13.8. The van der Waals surface area contributed by atoms with Gasteiger partial charge in [0.05, 0.1) is 17.3 Å². The van der Waals surface area contributed by atoms with Crippen LogP contribution in [0.15, 0.2) is 0 Å². The van der Waals surface area contributed by atoms with E-state index in [9.17, 15) is 0 Å². The molecule has 0 aromatic heterocycles. The summed E-state index contributed by atoms with van der Waals surface area (Å²) >= 11 is 0. The van der Waals surface area contributed by atoms with Crippen LogP contribution in [0.2, 0.25) is 0 Å². The van der Waals surface area contributed by atoms with Gasteiger partial charge in [-0.3, -0.25) is 0 Å². The second kappa shape index (κ2) is 3.44. The van der Waals surface area contributed by atoms with Gasteiger partial charge in [-0.1, -0.05) is 0 Å². The van der Waals surface area contributed by atoms with Gasteiger partial charge in [-0.25, -0.2) is 0 Å². The van der Waals surface area contributed by atoms with Crippen molar-refractivity contribution in [3.05, 3.63) is 0 Å². The molecule has 0 radical (unpaired) electrons. The first kappa shape index (κ1) is 12.3. The highest BCUT2D eigenvalue weighted by molar-refractivity contribution is 5.11. The molecule has 0 bridgehead atoms. The molecular formula is C13H25NO2. The van der Waals surface area contributed by atoms with Crippen LogP contribution in [0.25, 0.3) is 0 Å². The van der Waals surface area contributed by atoms with Crippen molar-refractivity contribution in [2.75, 3.05) is 6.54 Å². The van der Waals surface area contributed by atoms with Gasteiger partial charge in [-0.15, -0.1) is 0 Å². The molecule has 2 aliphatic heterocycles. The highest BCUT2D eigenvalue weighted by Gasteiger charge is 2.60. The van der Waals surface area contributed by atoms with E-state index in [0.717, 1.165) is 13.0 Å². The van der Waals surface area contributed by atoms with Gasteiger partial charge in [0.25, 0.3) is 0 Å². The average molecular weight is 227 g/mol. The lowest BCUT2D eigenvalue weighted by atomic mass is 9.80. The van der Waals surface area contributed by atoms with Crippen molar-refractivity contribution >= 4 is 0 Å². The van der Waals surface area contributed by atoms with Crippen LogP contribution in [0.5, 0.6) is 0 Å². The summed E-state index contributed by atoms with van der Waals surface area (Å²) in [5.41, 5.74) is -0.494. The number of ether oxygens (including phenoxy) is 2. The second-order valence-corrected chi connectivity index (χ2v) is 6.54. The second-order valence-electron chi connectivity index (χ2n) is 6.54. The molecule has 16 heavy (non-hydrogen) atoms. The predicted molar refractivity (Wildman–Crippen MR) is 64.6 cm³/mol. The Bertz CT molecular complexity index is 288. The van der Waals surface area contributed by atoms with Crippen molar-refractivity contribution in [1.82, 2.24) is 5.32 Å². The fraction of sp³-hybridized carbons (Fsp3) is 1.00. The molecule has 2 saturated heterocycles. The molecule has 94 valence electrons. The lowest BCUT2D eigenvalue weighted by molar-refractivity contribution is -0.191. The van der Waals surface area contributed by atoms with E-state index in [1.54, 1.807) is 0 Å². The van der Waals surface area contributed by atoms with E-state index in [1.807, 2.05) is 0 Å². The summed E-state index contributed by atoms with van der Waals surface area (Å²) in [7, 11) is 0. The highest BCUT2D eigenvalue weighted by Crippen LogP contribution is 2.48. The fourth-order valence-corrected chi connectivity index (χ4v) is 3.17. The third kappa shape index (κ3) is 1.79. The lowest BCUT2D eigenvalue weighted by Crippen LogP contribution is -2.64. The summed E-state index contributed by atoms with van der Waals surface area (Å²) in [6, 6.07) is 0.421. The first-order valence-electron chi connectivity index (χ1n) is 6.29. The zero-order valence-electron chi connectivity index (χ0n) is 11.4. The molecule has 3 unspecified atom stereocenters. The number of hydrogen-bond donors (Lipinski definition) is 1. The van der Waals surface area contributed by atoms with Crippen molar-refractivity contribution in [3.63, 3.8) is 0 Å². The molecule has 1 N–H and O–H groups in total. The molecular weight excluding hydrogens is 202 g/mol. The summed E-state index contributed by atoms with van der Waals surface area (Å²) in [6.07, 6.45) is 1.20. The molecule has 0 aliphatic carbocycles. The quantitative estimate of drug-likeness (QED) is 0.687. The third-order valence-corrected chi connectivity index (χ3v) is 4.17. The van der Waals surface area contributed by atoms with E-state index in [-0.39, 0.29) is 22.9 Å². The van der Waals surface area contributed by atoms with Crippen LogP contribution >= 0.6 is 0 Å². The van der Waals surface area contributed by atoms with Crippen LogP contribution in [0.1, 0.15) is 48.0 Å². The Labute approximate surface area is 98.9 Å². The number of nitrogens with one attached hydrogen (secondary N) is 1. The third-order valence-electron chi connectivity index (χ3n) is 4.17. The summed E-state index contributed by atoms with van der Waals surface area (Å²) in [5, 5.41) is 3.55. The molecule has 0 saturated carbocycles. The van der Waals surface area contributed by atoms with Crippen LogP contribution in [-0.2, 0) is 9.47 Å². The zero-order valence-corrected chi connectivity index (χ0v) is 11.4. The van der Waals surface area contributed by atoms with Gasteiger partial charge >= 0.3 is 0 Å². The van der Waals surface area contributed by atoms with Crippen LogP contribution < -0.4 is 5.32 Å². The number of morpholine rings is 1. The molecule has 2 aliphatic rings. The molecule has 0 aromatic carbocycles. The van der Waals surface area contributed by atoms with Crippen molar-refractivity contribution in [2.45, 2.75) is 76.9 Å². The van der Waals surface area contributed by atoms with Gasteiger partial charge < -0.3 is 14.8 Å². The van der Waals surface area contributed by atoms with E-state index < -0.39 is 0 Å². The van der Waals surface area contributed by atoms with Crippen molar-refractivity contribution in [1.29, 1.82) is 0 Å². The maximum absolute atomic E-state index is 6.31. The van der Waals surface area contributed by atoms with Gasteiger partial charge in [0.2, 0.25) is 0 Å². The van der Waals surface area contributed by atoms with Gasteiger partial charge in [-0.05, 0) is 41.5 Å². The first-order valence-corrected chi connectivity index (χ1v) is 6.29. The topological polar surface area (TPSA) is 30.5 Å².